The molecular formula is C24H32F3N3O4. The summed E-state index contributed by atoms with van der Waals surface area (Å²) in [5.74, 6) is 0.149. The van der Waals surface area contributed by atoms with Crippen LogP contribution in [0, 0.1) is 12.8 Å². The maximum Gasteiger partial charge on any atom is 0.522 e. The first-order valence-corrected chi connectivity index (χ1v) is 11.5. The van der Waals surface area contributed by atoms with Crippen LogP contribution in [0.2, 0.25) is 0 Å². The van der Waals surface area contributed by atoms with Crippen LogP contribution >= 0.6 is 0 Å². The molecule has 3 rings (SSSR count). The number of ketones is 1. The number of hydrogen-bond acceptors (Lipinski definition) is 5. The van der Waals surface area contributed by atoms with Crippen molar-refractivity contribution in [2.24, 2.45) is 5.92 Å². The summed E-state index contributed by atoms with van der Waals surface area (Å²) >= 11 is 0. The van der Waals surface area contributed by atoms with Gasteiger partial charge in [0.05, 0.1) is 12.1 Å². The van der Waals surface area contributed by atoms with Gasteiger partial charge in [-0.2, -0.15) is 5.10 Å². The van der Waals surface area contributed by atoms with E-state index < -0.39 is 18.6 Å². The number of rotatable bonds is 7. The normalized spacial score (nSPS) is 15.7. The van der Waals surface area contributed by atoms with Crippen molar-refractivity contribution < 1.29 is 32.2 Å². The van der Waals surface area contributed by atoms with Crippen molar-refractivity contribution in [3.63, 3.8) is 0 Å². The van der Waals surface area contributed by atoms with E-state index in [1.807, 2.05) is 38.6 Å². The molecule has 0 atom stereocenters. The molecule has 1 saturated heterocycles. The summed E-state index contributed by atoms with van der Waals surface area (Å²) < 4.78 is 47.3. The molecule has 0 bridgehead atoms. The summed E-state index contributed by atoms with van der Waals surface area (Å²) in [5.41, 5.74) is 1.51. The molecule has 1 amide bonds. The first kappa shape index (κ1) is 26.0. The highest BCUT2D eigenvalue weighted by molar-refractivity contribution is 6.01. The number of carbonyl (C=O) groups is 2. The Balaban J connectivity index is 1.57. The highest BCUT2D eigenvalue weighted by Crippen LogP contribution is 2.25. The molecule has 2 heterocycles. The summed E-state index contributed by atoms with van der Waals surface area (Å²) in [5, 5.41) is 5.48. The van der Waals surface area contributed by atoms with Crippen LogP contribution in [0.1, 0.15) is 62.4 Å². The average Bonchev–Trinajstić information content (AvgIpc) is 3.13. The summed E-state index contributed by atoms with van der Waals surface area (Å²) in [6, 6.07) is 3.45. The second kappa shape index (κ2) is 10.3. The van der Waals surface area contributed by atoms with Crippen LogP contribution in [0.4, 0.5) is 18.0 Å². The summed E-state index contributed by atoms with van der Waals surface area (Å²) in [4.78, 5) is 26.5. The van der Waals surface area contributed by atoms with Crippen molar-refractivity contribution in [3.05, 3.63) is 29.5 Å². The lowest BCUT2D eigenvalue weighted by Gasteiger charge is -2.33. The van der Waals surface area contributed by atoms with Gasteiger partial charge in [-0.1, -0.05) is 0 Å². The van der Waals surface area contributed by atoms with E-state index in [9.17, 15) is 22.8 Å². The average molecular weight is 484 g/mol. The van der Waals surface area contributed by atoms with E-state index in [0.717, 1.165) is 29.3 Å². The molecule has 1 aromatic carbocycles. The number of halogens is 3. The second-order valence-electron chi connectivity index (χ2n) is 9.75. The quantitative estimate of drug-likeness (QED) is 0.385. The molecule has 10 heteroatoms. The third kappa shape index (κ3) is 7.19. The number of ether oxygens (including phenoxy) is 2. The minimum Gasteiger partial charge on any atom is -0.444 e. The molecule has 0 spiro atoms. The predicted octanol–water partition coefficient (Wildman–Crippen LogP) is 5.49. The molecule has 188 valence electrons. The van der Waals surface area contributed by atoms with Crippen molar-refractivity contribution in [2.75, 3.05) is 19.7 Å². The van der Waals surface area contributed by atoms with Gasteiger partial charge in [-0.3, -0.25) is 14.2 Å². The summed E-state index contributed by atoms with van der Waals surface area (Å²) in [7, 11) is 0. The minimum atomic E-state index is -4.68. The molecule has 2 aromatic rings. The molecule has 7 nitrogen and oxygen atoms in total. The molecule has 1 aliphatic heterocycles. The molecule has 1 aliphatic rings. The molecule has 0 radical (unpaired) electrons. The Morgan fingerprint density at radius 2 is 1.82 bits per heavy atom. The Labute approximate surface area is 197 Å². The van der Waals surface area contributed by atoms with Crippen LogP contribution in [-0.2, 0) is 16.0 Å². The lowest BCUT2D eigenvalue weighted by atomic mass is 9.97. The number of nitrogens with zero attached hydrogens (tertiary/aromatic N) is 3. The third-order valence-electron chi connectivity index (χ3n) is 5.83. The van der Waals surface area contributed by atoms with Crippen LogP contribution in [0.25, 0.3) is 10.9 Å². The largest absolute Gasteiger partial charge is 0.522 e. The topological polar surface area (TPSA) is 73.7 Å². The predicted molar refractivity (Wildman–Crippen MR) is 121 cm³/mol. The Kier molecular flexibility index (Phi) is 7.90. The molecule has 1 aromatic heterocycles. The van der Waals surface area contributed by atoms with E-state index in [1.54, 1.807) is 17.0 Å². The van der Waals surface area contributed by atoms with Gasteiger partial charge in [0, 0.05) is 43.2 Å². The van der Waals surface area contributed by atoms with Gasteiger partial charge in [-0.05, 0) is 70.6 Å². The number of benzene rings is 1. The van der Waals surface area contributed by atoms with E-state index in [0.29, 0.717) is 31.1 Å². The zero-order chi connectivity index (χ0) is 25.1. The molecule has 0 unspecified atom stereocenters. The molecule has 34 heavy (non-hydrogen) atoms. The number of piperidine rings is 1. The van der Waals surface area contributed by atoms with Gasteiger partial charge in [0.1, 0.15) is 5.60 Å². The van der Waals surface area contributed by atoms with E-state index >= 15 is 0 Å². The zero-order valence-corrected chi connectivity index (χ0v) is 20.1. The standard InChI is InChI=1S/C24H32F3N3O4/c1-16-18(21(31)6-5-13-33-24(25,26)27)7-8-20-19(16)15-30(28-20)14-17-9-11-29(12-10-17)22(32)34-23(2,3)4/h7-8,15,17H,5-6,9-14H2,1-4H3. The number of Topliss-reactive ketones (excluding diaryl/α,β-unsaturated/α-hetero) is 1. The molecule has 0 N–H and O–H groups in total. The van der Waals surface area contributed by atoms with Gasteiger partial charge in [0.2, 0.25) is 0 Å². The van der Waals surface area contributed by atoms with Gasteiger partial charge >= 0.3 is 12.5 Å². The SMILES string of the molecule is Cc1c(C(=O)CCCOC(F)(F)F)ccc2nn(CC3CCN(C(=O)OC(C)(C)C)CC3)cc12. The number of amides is 1. The fourth-order valence-electron chi connectivity index (χ4n) is 4.12. The Morgan fingerprint density at radius 3 is 2.44 bits per heavy atom. The molecule has 1 fully saturated rings. The van der Waals surface area contributed by atoms with Gasteiger partial charge in [0.25, 0.3) is 0 Å². The number of fused-ring (bicyclic) bond motifs is 1. The molecule has 0 saturated carbocycles. The van der Waals surface area contributed by atoms with E-state index in [-0.39, 0.29) is 24.7 Å². The van der Waals surface area contributed by atoms with E-state index in [4.69, 9.17) is 4.74 Å². The Morgan fingerprint density at radius 1 is 1.15 bits per heavy atom. The smallest absolute Gasteiger partial charge is 0.444 e. The van der Waals surface area contributed by atoms with Crippen LogP contribution in [0.3, 0.4) is 0 Å². The number of aryl methyl sites for hydroxylation is 1. The Bertz CT molecular complexity index is 1020. The van der Waals surface area contributed by atoms with Crippen molar-refractivity contribution >= 4 is 22.8 Å². The third-order valence-corrected chi connectivity index (χ3v) is 5.83. The summed E-state index contributed by atoms with van der Waals surface area (Å²) in [6.45, 7) is 8.81. The van der Waals surface area contributed by atoms with Gasteiger partial charge in [-0.15, -0.1) is 13.2 Å². The maximum atomic E-state index is 12.5. The number of alkyl halides is 3. The van der Waals surface area contributed by atoms with Gasteiger partial charge in [0.15, 0.2) is 5.78 Å². The van der Waals surface area contributed by atoms with Crippen LogP contribution < -0.4 is 0 Å². The first-order valence-electron chi connectivity index (χ1n) is 11.5. The first-order chi connectivity index (χ1) is 15.8. The zero-order valence-electron chi connectivity index (χ0n) is 20.1. The highest BCUT2D eigenvalue weighted by Gasteiger charge is 2.29. The number of carbonyl (C=O) groups excluding carboxylic acids is 2. The lowest BCUT2D eigenvalue weighted by Crippen LogP contribution is -2.42. The number of hydrogen-bond donors (Lipinski definition) is 0. The summed E-state index contributed by atoms with van der Waals surface area (Å²) in [6.07, 6.45) is -1.39. The van der Waals surface area contributed by atoms with Crippen LogP contribution in [-0.4, -0.2) is 58.2 Å². The van der Waals surface area contributed by atoms with Gasteiger partial charge < -0.3 is 9.64 Å². The second-order valence-corrected chi connectivity index (χ2v) is 9.75. The van der Waals surface area contributed by atoms with Crippen molar-refractivity contribution in [2.45, 2.75) is 71.9 Å². The Hall–Kier alpha value is -2.62. The number of likely N-dealkylation sites (tertiary alicyclic amines) is 1. The van der Waals surface area contributed by atoms with Crippen LogP contribution in [0.5, 0.6) is 0 Å². The van der Waals surface area contributed by atoms with Crippen molar-refractivity contribution in [1.82, 2.24) is 14.7 Å². The highest BCUT2D eigenvalue weighted by atomic mass is 19.4. The van der Waals surface area contributed by atoms with E-state index in [1.165, 1.54) is 0 Å². The molecule has 0 aliphatic carbocycles. The molecular weight excluding hydrogens is 451 g/mol. The minimum absolute atomic E-state index is 0.00290. The monoisotopic (exact) mass is 483 g/mol. The fraction of sp³-hybridized carbons (Fsp3) is 0.625. The fourth-order valence-corrected chi connectivity index (χ4v) is 4.12. The van der Waals surface area contributed by atoms with Crippen molar-refractivity contribution in [1.29, 1.82) is 0 Å². The number of aromatic nitrogens is 2. The lowest BCUT2D eigenvalue weighted by molar-refractivity contribution is -0.324. The van der Waals surface area contributed by atoms with E-state index in [2.05, 4.69) is 9.84 Å². The van der Waals surface area contributed by atoms with Gasteiger partial charge in [-0.25, -0.2) is 4.79 Å². The van der Waals surface area contributed by atoms with Crippen molar-refractivity contribution in [3.8, 4) is 0 Å². The van der Waals surface area contributed by atoms with Crippen LogP contribution in [0.15, 0.2) is 18.3 Å². The maximum absolute atomic E-state index is 12.5.